The number of methoxy groups -OCH3 is 1. The molecule has 0 saturated carbocycles. The Morgan fingerprint density at radius 3 is 2.56 bits per heavy atom. The van der Waals surface area contributed by atoms with E-state index in [1.807, 2.05) is 37.3 Å². The molecule has 1 saturated heterocycles. The molecule has 41 heavy (non-hydrogen) atoms. The Bertz CT molecular complexity index is 1650. The van der Waals surface area contributed by atoms with E-state index in [2.05, 4.69) is 4.99 Å². The van der Waals surface area contributed by atoms with E-state index in [0.29, 0.717) is 70.6 Å². The number of benzene rings is 2. The number of amides is 1. The lowest BCUT2D eigenvalue weighted by Crippen LogP contribution is -2.43. The lowest BCUT2D eigenvalue weighted by atomic mass is 9.96. The fourth-order valence-corrected chi connectivity index (χ4v) is 5.89. The molecule has 0 bridgehead atoms. The minimum atomic E-state index is -0.666. The number of hydrogen-bond donors (Lipinski definition) is 0. The first-order chi connectivity index (χ1) is 19.9. The van der Waals surface area contributed by atoms with Gasteiger partial charge in [0.2, 0.25) is 0 Å². The van der Waals surface area contributed by atoms with Crippen molar-refractivity contribution in [2.24, 2.45) is 4.99 Å². The van der Waals surface area contributed by atoms with E-state index in [-0.39, 0.29) is 18.1 Å². The summed E-state index contributed by atoms with van der Waals surface area (Å²) < 4.78 is 24.0. The topological polar surface area (TPSA) is 109 Å². The zero-order valence-electron chi connectivity index (χ0n) is 23.1. The third-order valence-corrected chi connectivity index (χ3v) is 7.81. The highest BCUT2D eigenvalue weighted by atomic mass is 32.1. The molecule has 1 amide bonds. The number of rotatable bonds is 8. The van der Waals surface area contributed by atoms with Gasteiger partial charge in [-0.25, -0.2) is 9.79 Å². The number of fused-ring (bicyclic) bond motifs is 1. The van der Waals surface area contributed by atoms with Crippen molar-refractivity contribution in [1.29, 1.82) is 0 Å². The van der Waals surface area contributed by atoms with Crippen LogP contribution in [0.1, 0.15) is 31.0 Å². The maximum atomic E-state index is 13.8. The molecule has 10 nitrogen and oxygen atoms in total. The van der Waals surface area contributed by atoms with Crippen molar-refractivity contribution < 1.29 is 28.5 Å². The Morgan fingerprint density at radius 1 is 1.10 bits per heavy atom. The number of thiazole rings is 1. The summed E-state index contributed by atoms with van der Waals surface area (Å²) in [4.78, 5) is 45.9. The van der Waals surface area contributed by atoms with Crippen LogP contribution in [-0.2, 0) is 19.1 Å². The summed E-state index contributed by atoms with van der Waals surface area (Å²) in [7, 11) is 1.32. The molecule has 2 aliphatic heterocycles. The molecular formula is C30H31N3O7S. The first kappa shape index (κ1) is 28.3. The fourth-order valence-electron chi connectivity index (χ4n) is 4.84. The minimum Gasteiger partial charge on any atom is -0.490 e. The number of aromatic nitrogens is 1. The lowest BCUT2D eigenvalue weighted by Gasteiger charge is -2.26. The van der Waals surface area contributed by atoms with Crippen LogP contribution in [0.25, 0.3) is 6.08 Å². The van der Waals surface area contributed by atoms with Crippen LogP contribution in [0.2, 0.25) is 0 Å². The number of allylic oxidation sites excluding steroid dienone is 1. The fraction of sp³-hybridized carbons (Fsp3) is 0.333. The number of carbonyl (C=O) groups is 2. The quantitative estimate of drug-likeness (QED) is 0.377. The molecule has 1 unspecified atom stereocenters. The highest BCUT2D eigenvalue weighted by Gasteiger charge is 2.33. The Balaban J connectivity index is 1.49. The molecule has 0 radical (unpaired) electrons. The van der Waals surface area contributed by atoms with Gasteiger partial charge in [-0.15, -0.1) is 0 Å². The molecular weight excluding hydrogens is 546 g/mol. The highest BCUT2D eigenvalue weighted by Crippen LogP contribution is 2.31. The predicted octanol–water partition coefficient (Wildman–Crippen LogP) is 2.04. The monoisotopic (exact) mass is 577 g/mol. The predicted molar refractivity (Wildman–Crippen MR) is 153 cm³/mol. The number of carbonyl (C=O) groups excluding carboxylic acids is 2. The summed E-state index contributed by atoms with van der Waals surface area (Å²) in [6.07, 6.45) is 1.76. The maximum absolute atomic E-state index is 13.8. The smallest absolute Gasteiger partial charge is 0.338 e. The van der Waals surface area contributed by atoms with Crippen LogP contribution in [0.4, 0.5) is 0 Å². The van der Waals surface area contributed by atoms with Crippen LogP contribution in [-0.4, -0.2) is 68.0 Å². The molecule has 0 spiro atoms. The second-order valence-electron chi connectivity index (χ2n) is 9.41. The number of morpholine rings is 1. The van der Waals surface area contributed by atoms with Gasteiger partial charge in [0.15, 0.2) is 22.9 Å². The van der Waals surface area contributed by atoms with Crippen molar-refractivity contribution in [3.63, 3.8) is 0 Å². The van der Waals surface area contributed by atoms with Crippen molar-refractivity contribution in [1.82, 2.24) is 9.47 Å². The molecule has 11 heteroatoms. The van der Waals surface area contributed by atoms with Gasteiger partial charge in [-0.3, -0.25) is 14.2 Å². The molecule has 2 aromatic carbocycles. The zero-order valence-corrected chi connectivity index (χ0v) is 23.9. The molecule has 2 aliphatic rings. The lowest BCUT2D eigenvalue weighted by molar-refractivity contribution is -0.137. The molecule has 1 fully saturated rings. The largest absolute Gasteiger partial charge is 0.490 e. The third kappa shape index (κ3) is 5.96. The molecule has 0 N–H and O–H groups in total. The van der Waals surface area contributed by atoms with Crippen LogP contribution >= 0.6 is 11.3 Å². The molecule has 1 atom stereocenters. The Hall–Kier alpha value is -4.22. The average Bonchev–Trinajstić information content (AvgIpc) is 3.30. The molecule has 3 heterocycles. The second-order valence-corrected chi connectivity index (χ2v) is 10.4. The normalized spacial score (nSPS) is 17.1. The highest BCUT2D eigenvalue weighted by molar-refractivity contribution is 7.07. The van der Waals surface area contributed by atoms with Crippen LogP contribution in [0, 0.1) is 0 Å². The number of nitrogens with zero attached hydrogens (tertiary/aromatic N) is 3. The summed E-state index contributed by atoms with van der Waals surface area (Å²) >= 11 is 1.24. The zero-order chi connectivity index (χ0) is 28.9. The van der Waals surface area contributed by atoms with E-state index in [4.69, 9.17) is 18.9 Å². The minimum absolute atomic E-state index is 0.112. The molecule has 214 valence electrons. The number of ether oxygens (including phenoxy) is 4. The van der Waals surface area contributed by atoms with E-state index in [9.17, 15) is 14.4 Å². The van der Waals surface area contributed by atoms with Gasteiger partial charge in [-0.05, 0) is 43.2 Å². The van der Waals surface area contributed by atoms with Gasteiger partial charge in [-0.2, -0.15) is 0 Å². The van der Waals surface area contributed by atoms with Crippen molar-refractivity contribution in [3.05, 3.63) is 90.6 Å². The SMILES string of the molecule is CCOc1cc(C=c2sc3n(c2=O)C(c2ccccc2)C(C(=O)OC)=C(C)N=3)ccc1OCC(=O)N1CCOCC1. The summed E-state index contributed by atoms with van der Waals surface area (Å²) in [5, 5.41) is 0. The second kappa shape index (κ2) is 12.5. The van der Waals surface area contributed by atoms with E-state index < -0.39 is 12.0 Å². The van der Waals surface area contributed by atoms with Gasteiger partial charge in [0.1, 0.15) is 0 Å². The Kier molecular flexibility index (Phi) is 8.65. The average molecular weight is 578 g/mol. The third-order valence-electron chi connectivity index (χ3n) is 6.82. The standard InChI is InChI=1S/C30H31N3O7S/c1-4-39-23-16-20(10-11-22(23)40-18-25(34)32-12-14-38-15-13-32)17-24-28(35)33-27(21-8-6-5-7-9-21)26(29(36)37-3)19(2)31-30(33)41-24/h5-11,16-17,27H,4,12-15,18H2,1-3H3. The first-order valence-corrected chi connectivity index (χ1v) is 14.1. The van der Waals surface area contributed by atoms with Crippen molar-refractivity contribution in [3.8, 4) is 11.5 Å². The van der Waals surface area contributed by atoms with Gasteiger partial charge in [-0.1, -0.05) is 47.7 Å². The maximum Gasteiger partial charge on any atom is 0.338 e. The van der Waals surface area contributed by atoms with Gasteiger partial charge in [0, 0.05) is 13.1 Å². The first-order valence-electron chi connectivity index (χ1n) is 13.3. The number of esters is 1. The van der Waals surface area contributed by atoms with Crippen molar-refractivity contribution >= 4 is 29.3 Å². The van der Waals surface area contributed by atoms with Gasteiger partial charge in [0.25, 0.3) is 11.5 Å². The van der Waals surface area contributed by atoms with Crippen molar-refractivity contribution in [2.45, 2.75) is 19.9 Å². The van der Waals surface area contributed by atoms with Crippen molar-refractivity contribution in [2.75, 3.05) is 46.6 Å². The van der Waals surface area contributed by atoms with E-state index in [1.54, 1.807) is 40.7 Å². The van der Waals surface area contributed by atoms with E-state index in [1.165, 1.54) is 18.4 Å². The van der Waals surface area contributed by atoms with Gasteiger partial charge in [0.05, 0.1) is 48.8 Å². The summed E-state index contributed by atoms with van der Waals surface area (Å²) in [5.41, 5.74) is 2.05. The molecule has 1 aromatic heterocycles. The van der Waals surface area contributed by atoms with Crippen LogP contribution < -0.4 is 24.4 Å². The molecule has 5 rings (SSSR count). The van der Waals surface area contributed by atoms with Gasteiger partial charge >= 0.3 is 5.97 Å². The summed E-state index contributed by atoms with van der Waals surface area (Å²) in [6.45, 7) is 6.02. The van der Waals surface area contributed by atoms with Crippen LogP contribution in [0.3, 0.4) is 0 Å². The molecule has 0 aliphatic carbocycles. The number of hydrogen-bond acceptors (Lipinski definition) is 9. The Labute approximate surface area is 240 Å². The molecule has 3 aromatic rings. The Morgan fingerprint density at radius 2 is 1.85 bits per heavy atom. The van der Waals surface area contributed by atoms with E-state index >= 15 is 0 Å². The van der Waals surface area contributed by atoms with Gasteiger partial charge < -0.3 is 23.8 Å². The van der Waals surface area contributed by atoms with E-state index in [0.717, 1.165) is 5.56 Å². The summed E-state index contributed by atoms with van der Waals surface area (Å²) in [5.74, 6) is 0.262. The summed E-state index contributed by atoms with van der Waals surface area (Å²) in [6, 6.07) is 14.0. The van der Waals surface area contributed by atoms with Crippen LogP contribution in [0.15, 0.2) is 69.6 Å². The van der Waals surface area contributed by atoms with Crippen LogP contribution in [0.5, 0.6) is 11.5 Å².